The van der Waals surface area contributed by atoms with E-state index < -0.39 is 16.0 Å². The molecule has 0 aliphatic carbocycles. The molecule has 2 N–H and O–H groups in total. The Labute approximate surface area is 129 Å². The lowest BCUT2D eigenvalue weighted by molar-refractivity contribution is 0.0520. The molecule has 0 saturated heterocycles. The van der Waals surface area contributed by atoms with Gasteiger partial charge in [0, 0.05) is 16.9 Å². The summed E-state index contributed by atoms with van der Waals surface area (Å²) >= 11 is 3.18. The minimum absolute atomic E-state index is 0.121. The van der Waals surface area contributed by atoms with Crippen LogP contribution in [0.5, 0.6) is 0 Å². The van der Waals surface area contributed by atoms with Crippen LogP contribution in [0.15, 0.2) is 40.1 Å². The fourth-order valence-corrected chi connectivity index (χ4v) is 2.71. The monoisotopic (exact) mass is 373 g/mol. The fraction of sp³-hybridized carbons (Fsp3) is 0.167. The summed E-state index contributed by atoms with van der Waals surface area (Å²) in [5.74, 6) is -0.551. The van der Waals surface area contributed by atoms with Gasteiger partial charge in [-0.15, -0.1) is 0 Å². The average Bonchev–Trinajstić information content (AvgIpc) is 2.87. The first kappa shape index (κ1) is 15.5. The number of aromatic amines is 1. The molecule has 7 nitrogen and oxygen atoms in total. The van der Waals surface area contributed by atoms with E-state index >= 15 is 0 Å². The Kier molecular flexibility index (Phi) is 4.63. The average molecular weight is 374 g/mol. The smallest absolute Gasteiger partial charge is 0.354 e. The summed E-state index contributed by atoms with van der Waals surface area (Å²) in [6.07, 6.45) is 2.75. The molecule has 0 atom stereocenters. The number of aromatic nitrogens is 2. The summed E-state index contributed by atoms with van der Waals surface area (Å²) in [5, 5.41) is -0.121. The second-order valence-corrected chi connectivity index (χ2v) is 6.49. The zero-order chi connectivity index (χ0) is 15.5. The number of esters is 1. The Morgan fingerprint density at radius 1 is 1.48 bits per heavy atom. The van der Waals surface area contributed by atoms with E-state index in [1.807, 2.05) is 0 Å². The van der Waals surface area contributed by atoms with Crippen LogP contribution in [0, 0.1) is 0 Å². The third kappa shape index (κ3) is 3.82. The molecular formula is C12H12BrN3O4S. The highest BCUT2D eigenvalue weighted by Gasteiger charge is 2.17. The van der Waals surface area contributed by atoms with Gasteiger partial charge in [-0.2, -0.15) is 8.42 Å². The van der Waals surface area contributed by atoms with Crippen LogP contribution in [0.25, 0.3) is 0 Å². The Bertz CT molecular complexity index is 740. The Balaban J connectivity index is 2.17. The normalized spacial score (nSPS) is 11.1. The van der Waals surface area contributed by atoms with E-state index in [0.717, 1.165) is 0 Å². The van der Waals surface area contributed by atoms with Gasteiger partial charge in [0.15, 0.2) is 5.03 Å². The second-order valence-electron chi connectivity index (χ2n) is 3.94. The lowest BCUT2D eigenvalue weighted by Crippen LogP contribution is -2.13. The summed E-state index contributed by atoms with van der Waals surface area (Å²) in [7, 11) is -3.81. The van der Waals surface area contributed by atoms with E-state index in [4.69, 9.17) is 4.74 Å². The van der Waals surface area contributed by atoms with Crippen LogP contribution in [0.3, 0.4) is 0 Å². The lowest BCUT2D eigenvalue weighted by atomic mass is 10.4. The van der Waals surface area contributed by atoms with Gasteiger partial charge in [0.05, 0.1) is 12.3 Å². The Morgan fingerprint density at radius 3 is 2.86 bits per heavy atom. The van der Waals surface area contributed by atoms with Crippen LogP contribution >= 0.6 is 15.9 Å². The van der Waals surface area contributed by atoms with E-state index in [1.54, 1.807) is 13.0 Å². The zero-order valence-corrected chi connectivity index (χ0v) is 13.4. The molecule has 0 aliphatic heterocycles. The van der Waals surface area contributed by atoms with Crippen LogP contribution in [-0.2, 0) is 14.8 Å². The van der Waals surface area contributed by atoms with Gasteiger partial charge in [0.1, 0.15) is 5.69 Å². The molecule has 0 saturated carbocycles. The van der Waals surface area contributed by atoms with E-state index in [1.165, 1.54) is 24.5 Å². The van der Waals surface area contributed by atoms with Crippen molar-refractivity contribution in [2.45, 2.75) is 11.9 Å². The van der Waals surface area contributed by atoms with Crippen molar-refractivity contribution >= 4 is 37.6 Å². The molecule has 9 heteroatoms. The number of sulfonamides is 1. The Morgan fingerprint density at radius 2 is 2.24 bits per heavy atom. The lowest BCUT2D eigenvalue weighted by Gasteiger charge is -2.04. The quantitative estimate of drug-likeness (QED) is 0.781. The van der Waals surface area contributed by atoms with Crippen molar-refractivity contribution in [3.05, 3.63) is 40.8 Å². The minimum Gasteiger partial charge on any atom is -0.461 e. The highest BCUT2D eigenvalue weighted by Crippen LogP contribution is 2.17. The van der Waals surface area contributed by atoms with Gasteiger partial charge < -0.3 is 9.72 Å². The number of hydrogen-bond donors (Lipinski definition) is 2. The summed E-state index contributed by atoms with van der Waals surface area (Å²) in [4.78, 5) is 17.9. The summed E-state index contributed by atoms with van der Waals surface area (Å²) < 4.78 is 32.0. The number of nitrogens with one attached hydrogen (secondary N) is 2. The molecular weight excluding hydrogens is 362 g/mol. The number of pyridine rings is 1. The molecule has 2 aromatic rings. The molecule has 0 aromatic carbocycles. The summed E-state index contributed by atoms with van der Waals surface area (Å²) in [5.41, 5.74) is 0.390. The third-order valence-corrected chi connectivity index (χ3v) is 4.17. The zero-order valence-electron chi connectivity index (χ0n) is 11.0. The maximum Gasteiger partial charge on any atom is 0.354 e. The number of halogens is 1. The van der Waals surface area contributed by atoms with Crippen molar-refractivity contribution in [2.24, 2.45) is 0 Å². The highest BCUT2D eigenvalue weighted by molar-refractivity contribution is 9.10. The van der Waals surface area contributed by atoms with Crippen LogP contribution in [0.1, 0.15) is 17.4 Å². The van der Waals surface area contributed by atoms with Gasteiger partial charge in [-0.3, -0.25) is 4.72 Å². The van der Waals surface area contributed by atoms with Crippen LogP contribution < -0.4 is 4.72 Å². The predicted octanol–water partition coefficient (Wildman–Crippen LogP) is 2.15. The largest absolute Gasteiger partial charge is 0.461 e. The molecule has 112 valence electrons. The summed E-state index contributed by atoms with van der Waals surface area (Å²) in [6.45, 7) is 1.92. The predicted molar refractivity (Wildman–Crippen MR) is 79.5 cm³/mol. The molecule has 0 spiro atoms. The third-order valence-electron chi connectivity index (χ3n) is 2.41. The van der Waals surface area contributed by atoms with Crippen molar-refractivity contribution in [1.29, 1.82) is 0 Å². The number of ether oxygens (including phenoxy) is 1. The van der Waals surface area contributed by atoms with Gasteiger partial charge in [-0.1, -0.05) is 0 Å². The first-order valence-corrected chi connectivity index (χ1v) is 8.20. The van der Waals surface area contributed by atoms with Crippen molar-refractivity contribution in [3.63, 3.8) is 0 Å². The molecule has 2 aromatic heterocycles. The second kappa shape index (κ2) is 6.27. The van der Waals surface area contributed by atoms with Gasteiger partial charge in [0.2, 0.25) is 0 Å². The molecule has 0 radical (unpaired) electrons. The highest BCUT2D eigenvalue weighted by atomic mass is 79.9. The number of rotatable bonds is 5. The molecule has 0 unspecified atom stereocenters. The van der Waals surface area contributed by atoms with E-state index in [0.29, 0.717) is 4.47 Å². The van der Waals surface area contributed by atoms with Crippen LogP contribution in [0.4, 0.5) is 5.69 Å². The van der Waals surface area contributed by atoms with Gasteiger partial charge >= 0.3 is 5.97 Å². The number of anilines is 1. The van der Waals surface area contributed by atoms with Crippen LogP contribution in [0.2, 0.25) is 0 Å². The van der Waals surface area contributed by atoms with Crippen LogP contribution in [-0.4, -0.2) is 31.0 Å². The Hall–Kier alpha value is -1.87. The number of carbonyl (C=O) groups excluding carboxylic acids is 1. The van der Waals surface area contributed by atoms with Crippen molar-refractivity contribution in [2.75, 3.05) is 11.3 Å². The van der Waals surface area contributed by atoms with Gasteiger partial charge in [0.25, 0.3) is 10.0 Å². The molecule has 0 bridgehead atoms. The molecule has 0 aliphatic rings. The minimum atomic E-state index is -3.81. The topological polar surface area (TPSA) is 101 Å². The van der Waals surface area contributed by atoms with Gasteiger partial charge in [-0.05, 0) is 41.1 Å². The first-order chi connectivity index (χ1) is 9.92. The number of H-pyrrole nitrogens is 1. The fourth-order valence-electron chi connectivity index (χ4n) is 1.51. The SMILES string of the molecule is CCOC(=O)c1cc(NS(=O)(=O)c2ccc(Br)cn2)c[nH]1. The molecule has 2 heterocycles. The molecule has 0 fully saturated rings. The van der Waals surface area contributed by atoms with Crippen molar-refractivity contribution in [1.82, 2.24) is 9.97 Å². The van der Waals surface area contributed by atoms with E-state index in [2.05, 4.69) is 30.6 Å². The maximum atomic E-state index is 12.1. The molecule has 21 heavy (non-hydrogen) atoms. The first-order valence-electron chi connectivity index (χ1n) is 5.92. The van der Waals surface area contributed by atoms with Gasteiger partial charge in [-0.25, -0.2) is 9.78 Å². The number of nitrogens with zero attached hydrogens (tertiary/aromatic N) is 1. The summed E-state index contributed by atoms with van der Waals surface area (Å²) in [6, 6.07) is 4.29. The maximum absolute atomic E-state index is 12.1. The molecule has 0 amide bonds. The standard InChI is InChI=1S/C12H12BrN3O4S/c1-2-20-12(17)10-5-9(7-14-10)16-21(18,19)11-4-3-8(13)6-15-11/h3-7,14,16H,2H2,1H3. The van der Waals surface area contributed by atoms with E-state index in [9.17, 15) is 13.2 Å². The number of hydrogen-bond acceptors (Lipinski definition) is 5. The number of carbonyl (C=O) groups is 1. The van der Waals surface area contributed by atoms with Crippen molar-refractivity contribution < 1.29 is 17.9 Å². The van der Waals surface area contributed by atoms with E-state index in [-0.39, 0.29) is 23.0 Å². The molecule has 2 rings (SSSR count). The van der Waals surface area contributed by atoms with Crippen molar-refractivity contribution in [3.8, 4) is 0 Å².